The predicted octanol–water partition coefficient (Wildman–Crippen LogP) is 0.633. The smallest absolute Gasteiger partial charge is 0.307 e. The second kappa shape index (κ2) is 5.26. The van der Waals surface area contributed by atoms with Crippen LogP contribution in [0.25, 0.3) is 0 Å². The van der Waals surface area contributed by atoms with Crippen LogP contribution in [-0.4, -0.2) is 60.5 Å². The number of hydrogen-bond acceptors (Lipinski definition) is 4. The quantitative estimate of drug-likeness (QED) is 0.693. The average molecular weight is 254 g/mol. The van der Waals surface area contributed by atoms with E-state index in [-0.39, 0.29) is 24.3 Å². The molecule has 18 heavy (non-hydrogen) atoms. The third-order valence-electron chi connectivity index (χ3n) is 3.97. The minimum atomic E-state index is -0.340. The van der Waals surface area contributed by atoms with Crippen molar-refractivity contribution in [2.75, 3.05) is 20.7 Å². The molecule has 2 fully saturated rings. The zero-order valence-corrected chi connectivity index (χ0v) is 11.4. The zero-order chi connectivity index (χ0) is 13.3. The number of rotatable bonds is 3. The molecule has 0 bridgehead atoms. The first-order valence-electron chi connectivity index (χ1n) is 6.63. The van der Waals surface area contributed by atoms with E-state index < -0.39 is 0 Å². The van der Waals surface area contributed by atoms with E-state index in [0.717, 1.165) is 25.8 Å². The molecule has 102 valence electrons. The highest BCUT2D eigenvalue weighted by atomic mass is 16.5. The molecule has 5 heteroatoms. The molecule has 1 heterocycles. The predicted molar refractivity (Wildman–Crippen MR) is 67.0 cm³/mol. The summed E-state index contributed by atoms with van der Waals surface area (Å²) in [5, 5.41) is 0. The maximum Gasteiger partial charge on any atom is 0.307 e. The third-order valence-corrected chi connectivity index (χ3v) is 3.97. The molecule has 2 aliphatic rings. The number of carbonyl (C=O) groups excluding carboxylic acids is 2. The van der Waals surface area contributed by atoms with Gasteiger partial charge in [0.05, 0.1) is 13.5 Å². The number of hydrogen-bond donors (Lipinski definition) is 0. The van der Waals surface area contributed by atoms with Gasteiger partial charge in [-0.25, -0.2) is 0 Å². The Labute approximate surface area is 108 Å². The summed E-state index contributed by atoms with van der Waals surface area (Å²) in [6.45, 7) is 2.91. The lowest BCUT2D eigenvalue weighted by atomic mass is 10.1. The van der Waals surface area contributed by atoms with Crippen LogP contribution in [0, 0.1) is 0 Å². The Morgan fingerprint density at radius 1 is 1.39 bits per heavy atom. The summed E-state index contributed by atoms with van der Waals surface area (Å²) in [7, 11) is 3.19. The second-order valence-corrected chi connectivity index (χ2v) is 5.37. The minimum absolute atomic E-state index is 0.0525. The molecule has 1 amide bonds. The fraction of sp³-hybridized carbons (Fsp3) is 0.846. The van der Waals surface area contributed by atoms with Gasteiger partial charge in [-0.15, -0.1) is 0 Å². The van der Waals surface area contributed by atoms with Crippen molar-refractivity contribution in [3.63, 3.8) is 0 Å². The monoisotopic (exact) mass is 254 g/mol. The molecule has 0 radical (unpaired) electrons. The zero-order valence-electron chi connectivity index (χ0n) is 11.4. The van der Waals surface area contributed by atoms with Crippen molar-refractivity contribution >= 4 is 11.9 Å². The average Bonchev–Trinajstić information content (AvgIpc) is 3.17. The van der Waals surface area contributed by atoms with Crippen LogP contribution in [0.3, 0.4) is 0 Å². The van der Waals surface area contributed by atoms with Gasteiger partial charge in [-0.2, -0.15) is 0 Å². The van der Waals surface area contributed by atoms with Crippen molar-refractivity contribution in [1.82, 2.24) is 9.80 Å². The highest BCUT2D eigenvalue weighted by Crippen LogP contribution is 2.34. The van der Waals surface area contributed by atoms with Gasteiger partial charge in [-0.1, -0.05) is 0 Å². The van der Waals surface area contributed by atoms with Crippen LogP contribution in [-0.2, 0) is 14.3 Å². The van der Waals surface area contributed by atoms with E-state index in [1.807, 2.05) is 7.05 Å². The summed E-state index contributed by atoms with van der Waals surface area (Å²) in [4.78, 5) is 27.9. The second-order valence-electron chi connectivity index (χ2n) is 5.37. The number of amides is 1. The standard InChI is InChI=1S/C13H22N2O3/c1-9-6-7-14(2)13(17)11(8-12(16)18-3)15(9)10-4-5-10/h9-11H,4-8H2,1-3H3. The molecule has 2 rings (SSSR count). The van der Waals surface area contributed by atoms with Crippen molar-refractivity contribution in [1.29, 1.82) is 0 Å². The molecule has 1 saturated carbocycles. The summed E-state index contributed by atoms with van der Waals surface area (Å²) in [6, 6.07) is 0.485. The topological polar surface area (TPSA) is 49.9 Å². The van der Waals surface area contributed by atoms with Gasteiger partial charge in [0, 0.05) is 25.7 Å². The van der Waals surface area contributed by atoms with Gasteiger partial charge in [0.25, 0.3) is 0 Å². The molecular formula is C13H22N2O3. The molecule has 2 unspecified atom stereocenters. The normalized spacial score (nSPS) is 30.2. The number of nitrogens with zero attached hydrogens (tertiary/aromatic N) is 2. The van der Waals surface area contributed by atoms with Crippen molar-refractivity contribution in [2.45, 2.75) is 50.7 Å². The number of carbonyl (C=O) groups is 2. The van der Waals surface area contributed by atoms with E-state index >= 15 is 0 Å². The highest BCUT2D eigenvalue weighted by molar-refractivity contribution is 5.86. The molecule has 0 aromatic rings. The molecule has 1 aliphatic heterocycles. The number of ether oxygens (including phenoxy) is 1. The van der Waals surface area contributed by atoms with Gasteiger partial charge in [-0.3, -0.25) is 14.5 Å². The number of likely N-dealkylation sites (N-methyl/N-ethyl adjacent to an activating group) is 1. The summed E-state index contributed by atoms with van der Waals surface area (Å²) in [5.74, 6) is -0.252. The van der Waals surface area contributed by atoms with Crippen LogP contribution in [0.2, 0.25) is 0 Å². The highest BCUT2D eigenvalue weighted by Gasteiger charge is 2.43. The van der Waals surface area contributed by atoms with E-state index in [0.29, 0.717) is 12.1 Å². The fourth-order valence-corrected chi connectivity index (χ4v) is 2.75. The van der Waals surface area contributed by atoms with Crippen LogP contribution < -0.4 is 0 Å². The number of esters is 1. The van der Waals surface area contributed by atoms with E-state index in [9.17, 15) is 9.59 Å². The lowest BCUT2D eigenvalue weighted by Crippen LogP contribution is -2.49. The lowest BCUT2D eigenvalue weighted by molar-refractivity contribution is -0.147. The van der Waals surface area contributed by atoms with Gasteiger partial charge in [0.15, 0.2) is 0 Å². The van der Waals surface area contributed by atoms with Crippen LogP contribution in [0.5, 0.6) is 0 Å². The lowest BCUT2D eigenvalue weighted by Gasteiger charge is -2.33. The summed E-state index contributed by atoms with van der Waals surface area (Å²) >= 11 is 0. The minimum Gasteiger partial charge on any atom is -0.469 e. The van der Waals surface area contributed by atoms with Gasteiger partial charge < -0.3 is 9.64 Å². The van der Waals surface area contributed by atoms with Crippen LogP contribution in [0.15, 0.2) is 0 Å². The Balaban J connectivity index is 2.19. The third kappa shape index (κ3) is 2.66. The van der Waals surface area contributed by atoms with Crippen molar-refractivity contribution in [3.8, 4) is 0 Å². The Morgan fingerprint density at radius 2 is 2.06 bits per heavy atom. The van der Waals surface area contributed by atoms with Gasteiger partial charge in [0.2, 0.25) is 5.91 Å². The number of methoxy groups -OCH3 is 1. The summed E-state index contributed by atoms with van der Waals surface area (Å²) < 4.78 is 4.72. The molecule has 0 N–H and O–H groups in total. The molecule has 1 aliphatic carbocycles. The van der Waals surface area contributed by atoms with E-state index in [4.69, 9.17) is 4.74 Å². The maximum absolute atomic E-state index is 12.4. The maximum atomic E-state index is 12.4. The van der Waals surface area contributed by atoms with Crippen molar-refractivity contribution < 1.29 is 14.3 Å². The van der Waals surface area contributed by atoms with Crippen molar-refractivity contribution in [3.05, 3.63) is 0 Å². The molecule has 0 spiro atoms. The first-order valence-corrected chi connectivity index (χ1v) is 6.63. The molecular weight excluding hydrogens is 232 g/mol. The van der Waals surface area contributed by atoms with Gasteiger partial charge >= 0.3 is 5.97 Å². The fourth-order valence-electron chi connectivity index (χ4n) is 2.75. The Hall–Kier alpha value is -1.10. The van der Waals surface area contributed by atoms with Crippen LogP contribution in [0.4, 0.5) is 0 Å². The molecule has 0 aromatic heterocycles. The van der Waals surface area contributed by atoms with E-state index in [2.05, 4.69) is 11.8 Å². The van der Waals surface area contributed by atoms with Crippen molar-refractivity contribution in [2.24, 2.45) is 0 Å². The first-order chi connectivity index (χ1) is 8.54. The first kappa shape index (κ1) is 13.3. The molecule has 2 atom stereocenters. The van der Waals surface area contributed by atoms with Gasteiger partial charge in [0.1, 0.15) is 6.04 Å². The van der Waals surface area contributed by atoms with Crippen LogP contribution in [0.1, 0.15) is 32.6 Å². The van der Waals surface area contributed by atoms with Gasteiger partial charge in [-0.05, 0) is 26.2 Å². The summed E-state index contributed by atoms with van der Waals surface area (Å²) in [6.07, 6.45) is 3.41. The Bertz CT molecular complexity index is 341. The van der Waals surface area contributed by atoms with E-state index in [1.165, 1.54) is 7.11 Å². The Kier molecular flexibility index (Phi) is 3.90. The molecule has 0 aromatic carbocycles. The van der Waals surface area contributed by atoms with E-state index in [1.54, 1.807) is 4.90 Å². The van der Waals surface area contributed by atoms with Crippen LogP contribution >= 0.6 is 0 Å². The summed E-state index contributed by atoms with van der Waals surface area (Å²) in [5.41, 5.74) is 0. The largest absolute Gasteiger partial charge is 0.469 e. The molecule has 1 saturated heterocycles. The SMILES string of the molecule is COC(=O)CC1C(=O)N(C)CCC(C)N1C1CC1. The Morgan fingerprint density at radius 3 is 2.61 bits per heavy atom. The molecule has 5 nitrogen and oxygen atoms in total.